The Morgan fingerprint density at radius 3 is 2.42 bits per heavy atom. The maximum Gasteiger partial charge on any atom is 0.340 e. The molecule has 0 aliphatic carbocycles. The first-order valence-corrected chi connectivity index (χ1v) is 8.54. The minimum Gasteiger partial charge on any atom is -0.496 e. The van der Waals surface area contributed by atoms with Gasteiger partial charge in [-0.2, -0.15) is 0 Å². The van der Waals surface area contributed by atoms with Crippen molar-refractivity contribution in [3.05, 3.63) is 67.1 Å². The molecule has 0 saturated heterocycles. The molecule has 1 aromatic heterocycles. The van der Waals surface area contributed by atoms with Gasteiger partial charge in [-0.25, -0.2) is 4.79 Å². The minimum absolute atomic E-state index is 0.325. The number of fused-ring (bicyclic) bond motifs is 1. The number of hydrogen-bond donors (Lipinski definition) is 0. The van der Waals surface area contributed by atoms with Crippen molar-refractivity contribution in [1.29, 1.82) is 0 Å². The lowest BCUT2D eigenvalue weighted by Gasteiger charge is -2.12. The summed E-state index contributed by atoms with van der Waals surface area (Å²) >= 11 is 2.26. The van der Waals surface area contributed by atoms with Crippen LogP contribution in [-0.2, 0) is 6.42 Å². The highest BCUT2D eigenvalue weighted by molar-refractivity contribution is 14.1. The standard InChI is InChI=1S/C19H17IO4/c1-11-15(8-12-4-6-13(20)7-5-12)19(21)24-17-10-14(22-2)9-16(23-3)18(11)17/h4-7,9-10H,8H2,1-3H3. The largest absolute Gasteiger partial charge is 0.496 e. The Morgan fingerprint density at radius 1 is 1.08 bits per heavy atom. The number of aryl methyl sites for hydroxylation is 1. The lowest BCUT2D eigenvalue weighted by atomic mass is 9.99. The summed E-state index contributed by atoms with van der Waals surface area (Å²) in [6, 6.07) is 11.6. The molecule has 124 valence electrons. The van der Waals surface area contributed by atoms with Gasteiger partial charge in [-0.3, -0.25) is 0 Å². The highest BCUT2D eigenvalue weighted by Crippen LogP contribution is 2.34. The van der Waals surface area contributed by atoms with Gasteiger partial charge in [0.05, 0.1) is 19.6 Å². The molecule has 4 nitrogen and oxygen atoms in total. The molecule has 0 bridgehead atoms. The van der Waals surface area contributed by atoms with Gasteiger partial charge in [-0.1, -0.05) is 12.1 Å². The smallest absolute Gasteiger partial charge is 0.340 e. The van der Waals surface area contributed by atoms with E-state index in [1.54, 1.807) is 26.4 Å². The molecular weight excluding hydrogens is 419 g/mol. The van der Waals surface area contributed by atoms with Crippen LogP contribution in [0.15, 0.2) is 45.6 Å². The van der Waals surface area contributed by atoms with E-state index in [1.807, 2.05) is 31.2 Å². The summed E-state index contributed by atoms with van der Waals surface area (Å²) in [5.74, 6) is 1.22. The summed E-state index contributed by atoms with van der Waals surface area (Å²) in [6.07, 6.45) is 0.524. The normalized spacial score (nSPS) is 10.8. The topological polar surface area (TPSA) is 48.7 Å². The minimum atomic E-state index is -0.325. The van der Waals surface area contributed by atoms with E-state index in [-0.39, 0.29) is 5.63 Å². The van der Waals surface area contributed by atoms with Crippen LogP contribution in [0.4, 0.5) is 0 Å². The van der Waals surface area contributed by atoms with E-state index < -0.39 is 0 Å². The predicted molar refractivity (Wildman–Crippen MR) is 102 cm³/mol. The van der Waals surface area contributed by atoms with E-state index in [4.69, 9.17) is 13.9 Å². The Balaban J connectivity index is 2.18. The molecule has 0 fully saturated rings. The van der Waals surface area contributed by atoms with Crippen LogP contribution in [0, 0.1) is 10.5 Å². The van der Waals surface area contributed by atoms with Crippen molar-refractivity contribution in [2.75, 3.05) is 14.2 Å². The molecule has 3 rings (SSSR count). The first-order chi connectivity index (χ1) is 11.5. The maximum absolute atomic E-state index is 12.5. The average molecular weight is 436 g/mol. The van der Waals surface area contributed by atoms with Crippen LogP contribution >= 0.6 is 22.6 Å². The van der Waals surface area contributed by atoms with Gasteiger partial charge in [0, 0.05) is 27.7 Å². The fraction of sp³-hybridized carbons (Fsp3) is 0.211. The van der Waals surface area contributed by atoms with Crippen LogP contribution in [0.3, 0.4) is 0 Å². The van der Waals surface area contributed by atoms with Crippen molar-refractivity contribution in [2.45, 2.75) is 13.3 Å². The molecule has 0 aliphatic rings. The highest BCUT2D eigenvalue weighted by atomic mass is 127. The Labute approximate surface area is 153 Å². The second-order valence-electron chi connectivity index (χ2n) is 5.50. The first kappa shape index (κ1) is 16.8. The monoisotopic (exact) mass is 436 g/mol. The molecule has 0 unspecified atom stereocenters. The van der Waals surface area contributed by atoms with Gasteiger partial charge in [0.2, 0.25) is 0 Å². The molecule has 0 spiro atoms. The Kier molecular flexibility index (Phi) is 4.80. The molecular formula is C19H17IO4. The molecule has 0 aliphatic heterocycles. The van der Waals surface area contributed by atoms with E-state index >= 15 is 0 Å². The second-order valence-corrected chi connectivity index (χ2v) is 6.74. The van der Waals surface area contributed by atoms with Crippen LogP contribution in [0.25, 0.3) is 11.0 Å². The Hall–Kier alpha value is -2.02. The van der Waals surface area contributed by atoms with Crippen molar-refractivity contribution in [1.82, 2.24) is 0 Å². The second kappa shape index (κ2) is 6.84. The number of ether oxygens (including phenoxy) is 2. The Morgan fingerprint density at radius 2 is 1.79 bits per heavy atom. The quantitative estimate of drug-likeness (QED) is 0.452. The molecule has 0 saturated carbocycles. The van der Waals surface area contributed by atoms with Crippen LogP contribution in [0.2, 0.25) is 0 Å². The van der Waals surface area contributed by atoms with Gasteiger partial charge in [-0.15, -0.1) is 0 Å². The summed E-state index contributed by atoms with van der Waals surface area (Å²) in [5, 5.41) is 0.804. The maximum atomic E-state index is 12.5. The number of benzene rings is 2. The Bertz CT molecular complexity index is 942. The third-order valence-electron chi connectivity index (χ3n) is 4.07. The van der Waals surface area contributed by atoms with Gasteiger partial charge >= 0.3 is 5.63 Å². The van der Waals surface area contributed by atoms with Crippen molar-refractivity contribution >= 4 is 33.6 Å². The van der Waals surface area contributed by atoms with Gasteiger partial charge in [0.25, 0.3) is 0 Å². The third kappa shape index (κ3) is 3.13. The number of hydrogen-bond acceptors (Lipinski definition) is 4. The van der Waals surface area contributed by atoms with E-state index in [2.05, 4.69) is 22.6 Å². The zero-order valence-corrected chi connectivity index (χ0v) is 15.8. The van der Waals surface area contributed by atoms with Crippen molar-refractivity contribution < 1.29 is 13.9 Å². The molecule has 2 aromatic carbocycles. The molecule has 3 aromatic rings. The molecule has 1 heterocycles. The highest BCUT2D eigenvalue weighted by Gasteiger charge is 2.16. The lowest BCUT2D eigenvalue weighted by molar-refractivity contribution is 0.395. The van der Waals surface area contributed by atoms with Crippen LogP contribution in [-0.4, -0.2) is 14.2 Å². The summed E-state index contributed by atoms with van der Waals surface area (Å²) < 4.78 is 17.4. The average Bonchev–Trinajstić information content (AvgIpc) is 2.58. The molecule has 0 radical (unpaired) electrons. The molecule has 0 N–H and O–H groups in total. The van der Waals surface area contributed by atoms with Crippen LogP contribution < -0.4 is 15.1 Å². The van der Waals surface area contributed by atoms with Crippen molar-refractivity contribution in [3.8, 4) is 11.5 Å². The summed E-state index contributed by atoms with van der Waals surface area (Å²) in [7, 11) is 3.16. The summed E-state index contributed by atoms with van der Waals surface area (Å²) in [4.78, 5) is 12.5. The fourth-order valence-electron chi connectivity index (χ4n) is 2.77. The lowest BCUT2D eigenvalue weighted by Crippen LogP contribution is -2.11. The first-order valence-electron chi connectivity index (χ1n) is 7.46. The van der Waals surface area contributed by atoms with Crippen LogP contribution in [0.5, 0.6) is 11.5 Å². The van der Waals surface area contributed by atoms with Gasteiger partial charge in [0.15, 0.2) is 0 Å². The molecule has 24 heavy (non-hydrogen) atoms. The summed E-state index contributed by atoms with van der Waals surface area (Å²) in [5.41, 5.74) is 2.73. The summed E-state index contributed by atoms with van der Waals surface area (Å²) in [6.45, 7) is 1.93. The third-order valence-corrected chi connectivity index (χ3v) is 4.79. The van der Waals surface area contributed by atoms with E-state index in [0.717, 1.165) is 20.1 Å². The number of methoxy groups -OCH3 is 2. The zero-order valence-electron chi connectivity index (χ0n) is 13.7. The predicted octanol–water partition coefficient (Wildman–Crippen LogP) is 4.31. The molecule has 5 heteroatoms. The zero-order chi connectivity index (χ0) is 17.3. The number of rotatable bonds is 4. The molecule has 0 atom stereocenters. The van der Waals surface area contributed by atoms with Gasteiger partial charge < -0.3 is 13.9 Å². The fourth-order valence-corrected chi connectivity index (χ4v) is 3.13. The van der Waals surface area contributed by atoms with E-state index in [0.29, 0.717) is 29.1 Å². The van der Waals surface area contributed by atoms with E-state index in [1.165, 1.54) is 0 Å². The van der Waals surface area contributed by atoms with Gasteiger partial charge in [0.1, 0.15) is 17.1 Å². The van der Waals surface area contributed by atoms with Crippen molar-refractivity contribution in [3.63, 3.8) is 0 Å². The van der Waals surface area contributed by atoms with Crippen LogP contribution in [0.1, 0.15) is 16.7 Å². The van der Waals surface area contributed by atoms with Gasteiger partial charge in [-0.05, 0) is 52.8 Å². The van der Waals surface area contributed by atoms with E-state index in [9.17, 15) is 4.79 Å². The van der Waals surface area contributed by atoms with Crippen molar-refractivity contribution in [2.24, 2.45) is 0 Å². The molecule has 0 amide bonds. The number of halogens is 1. The SMILES string of the molecule is COc1cc(OC)c2c(C)c(Cc3ccc(I)cc3)c(=O)oc2c1.